The first kappa shape index (κ1) is 37.8. The predicted octanol–water partition coefficient (Wildman–Crippen LogP) is 3.88. The van der Waals surface area contributed by atoms with Gasteiger partial charge in [-0.05, 0) is 80.3 Å². The zero-order chi connectivity index (χ0) is 35.3. The van der Waals surface area contributed by atoms with Gasteiger partial charge in [0.05, 0.1) is 37.0 Å². The van der Waals surface area contributed by atoms with E-state index in [4.69, 9.17) is 14.5 Å². The van der Waals surface area contributed by atoms with Crippen LogP contribution in [0.25, 0.3) is 0 Å². The molecule has 2 aliphatic carbocycles. The minimum absolute atomic E-state index is 0. The molecule has 0 bridgehead atoms. The predicted molar refractivity (Wildman–Crippen MR) is 187 cm³/mol. The van der Waals surface area contributed by atoms with Crippen molar-refractivity contribution in [1.82, 2.24) is 30.7 Å². The average Bonchev–Trinajstić information content (AvgIpc) is 3.90. The van der Waals surface area contributed by atoms with Gasteiger partial charge in [0, 0.05) is 38.5 Å². The Hall–Kier alpha value is -5.03. The number of carbonyl (C=O) groups excluding carboxylic acids is 3. The maximum Gasteiger partial charge on any atom is 0.229 e. The summed E-state index contributed by atoms with van der Waals surface area (Å²) in [4.78, 5) is 51.4. The van der Waals surface area contributed by atoms with E-state index >= 15 is 0 Å². The molecule has 1 aromatic heterocycles. The van der Waals surface area contributed by atoms with Crippen molar-refractivity contribution in [2.75, 3.05) is 39.4 Å². The average molecular weight is 936 g/mol. The monoisotopic (exact) mass is 936 g/mol. The van der Waals surface area contributed by atoms with E-state index in [1.807, 2.05) is 37.9 Å². The largest absolute Gasteiger partial charge is 0.489 e. The molecule has 3 heterocycles. The molecule has 1 saturated carbocycles. The molecule has 50 heavy (non-hydrogen) atoms. The fraction of sp³-hybridized carbons (Fsp3) is 0.541. The second-order valence-electron chi connectivity index (χ2n) is 13.8. The Morgan fingerprint density at radius 1 is 1.24 bits per heavy atom. The summed E-state index contributed by atoms with van der Waals surface area (Å²) in [5.41, 5.74) is 3.04. The van der Waals surface area contributed by atoms with Crippen LogP contribution in [0.5, 0.6) is 0 Å². The molecule has 4 aliphatic rings. The van der Waals surface area contributed by atoms with Gasteiger partial charge in [-0.25, -0.2) is 6.54 Å². The zero-order valence-corrected chi connectivity index (χ0v) is 31.9. The third-order valence-corrected chi connectivity index (χ3v) is 9.84. The van der Waals surface area contributed by atoms with Crippen LogP contribution in [0, 0.1) is 25.4 Å². The van der Waals surface area contributed by atoms with Gasteiger partial charge < -0.3 is 35.2 Å². The first-order valence-corrected chi connectivity index (χ1v) is 17.2. The molecule has 0 aromatic carbocycles. The van der Waals surface area contributed by atoms with Gasteiger partial charge in [0.15, 0.2) is 6.10 Å². The molecule has 5 rings (SSSR count). The zero-order valence-electron chi connectivity index (χ0n) is 29.8. The Labute approximate surface area is 290 Å². The van der Waals surface area contributed by atoms with E-state index in [-0.39, 0.29) is 29.6 Å². The van der Waals surface area contributed by atoms with Crippen LogP contribution in [0.1, 0.15) is 83.6 Å². The number of allylic oxidation sites excluding steroid dienone is 1. The van der Waals surface area contributed by atoms with Crippen LogP contribution in [0.15, 0.2) is 58.7 Å². The fourth-order valence-electron chi connectivity index (χ4n) is 6.67. The number of rotatable bonds is 15. The molecule has 3 amide bonds. The first-order chi connectivity index (χ1) is 23.4. The van der Waals surface area contributed by atoms with E-state index in [9.17, 15) is 14.4 Å². The summed E-state index contributed by atoms with van der Waals surface area (Å²) in [5, 5.41) is 9.45. The topological polar surface area (TPSA) is 137 Å². The van der Waals surface area contributed by atoms with E-state index in [2.05, 4.69) is 47.6 Å². The van der Waals surface area contributed by atoms with Crippen LogP contribution in [0.4, 0.5) is 0 Å². The van der Waals surface area contributed by atoms with Gasteiger partial charge in [0.1, 0.15) is 11.4 Å². The number of pyridine rings is 1. The smallest absolute Gasteiger partial charge is 0.229 e. The van der Waals surface area contributed by atoms with Crippen LogP contribution in [0.2, 0.25) is 0 Å². The van der Waals surface area contributed by atoms with Gasteiger partial charge in [0.25, 0.3) is 0 Å². The summed E-state index contributed by atoms with van der Waals surface area (Å²) >= 11 is 0. The van der Waals surface area contributed by atoms with E-state index < -0.39 is 11.6 Å². The molecule has 2 fully saturated rings. The molecular formula is C37H51LrN7O5-2. The first-order valence-electron chi connectivity index (χ1n) is 17.2. The normalized spacial score (nSPS) is 21.9. The molecular weight excluding hydrogens is 884 g/mol. The molecule has 1 saturated heterocycles. The minimum atomic E-state index is -0.776. The van der Waals surface area contributed by atoms with Crippen molar-refractivity contribution in [3.8, 4) is 0 Å². The molecule has 12 nitrogen and oxygen atoms in total. The summed E-state index contributed by atoms with van der Waals surface area (Å²) in [7, 11) is 4.28. The fourth-order valence-corrected chi connectivity index (χ4v) is 6.67. The molecule has 3 N–H and O–H groups in total. The molecule has 13 heteroatoms. The van der Waals surface area contributed by atoms with Crippen molar-refractivity contribution < 1.29 is 23.9 Å². The number of ether oxygens (including phenoxy) is 2. The van der Waals surface area contributed by atoms with Crippen molar-refractivity contribution in [2.45, 2.75) is 77.9 Å². The SMILES string of the molecule is C=CC(=O)N([CH-]C)CCN([CH2-])C[C@@H](OC1=C(C2(NC(C)=O)COC2)CC(C(=O)NC2=C(C)CN=C(C)N2)C(C)C1)c1ccc(C2CC2)cn1.[Lr]. The van der Waals surface area contributed by atoms with E-state index in [0.717, 1.165) is 28.4 Å². The number of nitrogens with zero attached hydrogens (tertiary/aromatic N) is 4. The Morgan fingerprint density at radius 3 is 2.56 bits per heavy atom. The van der Waals surface area contributed by atoms with Gasteiger partial charge in [-0.2, -0.15) is 6.92 Å². The van der Waals surface area contributed by atoms with Crippen LogP contribution in [-0.2, 0) is 23.9 Å². The van der Waals surface area contributed by atoms with Crippen molar-refractivity contribution in [1.29, 1.82) is 0 Å². The van der Waals surface area contributed by atoms with Gasteiger partial charge in [-0.3, -0.25) is 31.4 Å². The quantitative estimate of drug-likeness (QED) is 0.178. The van der Waals surface area contributed by atoms with Crippen molar-refractivity contribution in [3.63, 3.8) is 0 Å². The number of hydrogen-bond acceptors (Lipinski definition) is 9. The molecule has 0 spiro atoms. The molecule has 3 atom stereocenters. The Morgan fingerprint density at radius 2 is 1.98 bits per heavy atom. The maximum absolute atomic E-state index is 13.9. The van der Waals surface area contributed by atoms with Crippen molar-refractivity contribution in [2.24, 2.45) is 16.8 Å². The Bertz CT molecular complexity index is 1520. The van der Waals surface area contributed by atoms with Gasteiger partial charge in [-0.1, -0.05) is 19.6 Å². The van der Waals surface area contributed by atoms with Crippen LogP contribution < -0.4 is 16.0 Å². The third-order valence-electron chi connectivity index (χ3n) is 9.84. The molecule has 2 aliphatic heterocycles. The van der Waals surface area contributed by atoms with Gasteiger partial charge >= 0.3 is 0 Å². The standard InChI is InChI=1S/C37H51N7O5.Lr/c1-8-34(46)44(9-2)15-14-43(7)20-33(31-13-12-28(19-39-31)27-10-11-27)49-32-16-23(3)29(17-30(32)37(21-48-22-37)42-26(6)45)36(47)41-35-24(4)18-38-25(5)40-35;/h8-9,12-13,19,23,27,29,33H,1,7,10-11,14-18,20-22H2,2-6H3,(H,38,40)(H,41,47)(H,42,45);/q-2;/t23?,29?,33-;/m1./s1. The van der Waals surface area contributed by atoms with Crippen molar-refractivity contribution >= 4 is 23.6 Å². The minimum Gasteiger partial charge on any atom is -0.489 e. The number of amides is 3. The summed E-state index contributed by atoms with van der Waals surface area (Å²) in [5.74, 6) is 1.85. The number of amidine groups is 1. The summed E-state index contributed by atoms with van der Waals surface area (Å²) in [6.45, 7) is 17.0. The van der Waals surface area contributed by atoms with E-state index in [0.29, 0.717) is 64.0 Å². The second-order valence-corrected chi connectivity index (χ2v) is 13.8. The summed E-state index contributed by atoms with van der Waals surface area (Å²) in [6, 6.07) is 4.15. The summed E-state index contributed by atoms with van der Waals surface area (Å²) < 4.78 is 12.7. The van der Waals surface area contributed by atoms with Crippen LogP contribution in [-0.4, -0.2) is 83.3 Å². The Balaban J connectivity index is 0.00000562. The van der Waals surface area contributed by atoms with E-state index in [1.54, 1.807) is 11.4 Å². The maximum atomic E-state index is 13.9. The van der Waals surface area contributed by atoms with E-state index in [1.165, 1.54) is 31.4 Å². The molecule has 1 aromatic rings. The van der Waals surface area contributed by atoms with Gasteiger partial charge in [-0.15, -0.1) is 0 Å². The summed E-state index contributed by atoms with van der Waals surface area (Å²) in [6.07, 6.45) is 5.97. The van der Waals surface area contributed by atoms with Gasteiger partial charge in [0.2, 0.25) is 17.7 Å². The number of aliphatic imine (C=N–C) groups is 1. The molecule has 1 radical (unpaired) electrons. The third kappa shape index (κ3) is 8.76. The van der Waals surface area contributed by atoms with Crippen molar-refractivity contribution in [3.05, 3.63) is 78.6 Å². The Kier molecular flexibility index (Phi) is 12.2. The number of nitrogens with one attached hydrogen (secondary N) is 3. The number of aromatic nitrogens is 1. The van der Waals surface area contributed by atoms with Crippen LogP contribution in [0.3, 0.4) is 0 Å². The number of hydrogen-bond donors (Lipinski definition) is 3. The number of carbonyl (C=O) groups is 3. The second kappa shape index (κ2) is 16.1. The molecule has 281 valence electrons. The molecule has 2 unspecified atom stereocenters. The van der Waals surface area contributed by atoms with Crippen LogP contribution >= 0.6 is 0 Å².